The standard InChI is InChI=1S/C23H47NO5Si2/c1-18(2)31(19(3)4,20(5)6)29-22-11-12-24(23(25)26-7)21(15-22)16-28-17-27-13-14-30(8,9)10/h15,18-20,22H,11-14,16-17H2,1-10H3/t22-/m0/s1. The van der Waals surface area contributed by atoms with E-state index in [2.05, 4.69) is 67.3 Å². The summed E-state index contributed by atoms with van der Waals surface area (Å²) in [6, 6.07) is 1.11. The summed E-state index contributed by atoms with van der Waals surface area (Å²) in [7, 11) is -1.71. The van der Waals surface area contributed by atoms with E-state index in [1.165, 1.54) is 7.11 Å². The maximum Gasteiger partial charge on any atom is 0.413 e. The number of amides is 1. The van der Waals surface area contributed by atoms with Crippen molar-refractivity contribution in [2.24, 2.45) is 0 Å². The van der Waals surface area contributed by atoms with E-state index in [9.17, 15) is 4.79 Å². The molecule has 0 fully saturated rings. The van der Waals surface area contributed by atoms with E-state index in [0.717, 1.165) is 18.2 Å². The fourth-order valence-corrected chi connectivity index (χ4v) is 10.9. The van der Waals surface area contributed by atoms with Crippen molar-refractivity contribution in [3.63, 3.8) is 0 Å². The molecular formula is C23H47NO5Si2. The lowest BCUT2D eigenvalue weighted by atomic mass is 10.1. The highest BCUT2D eigenvalue weighted by Gasteiger charge is 2.47. The van der Waals surface area contributed by atoms with Gasteiger partial charge in [-0.05, 0) is 35.2 Å². The minimum Gasteiger partial charge on any atom is -0.452 e. The molecule has 0 aliphatic carbocycles. The second-order valence-electron chi connectivity index (χ2n) is 10.7. The van der Waals surface area contributed by atoms with Crippen molar-refractivity contribution in [3.8, 4) is 0 Å². The fraction of sp³-hybridized carbons (Fsp3) is 0.870. The highest BCUT2D eigenvalue weighted by Crippen LogP contribution is 2.43. The third-order valence-electron chi connectivity index (χ3n) is 6.23. The van der Waals surface area contributed by atoms with Crippen LogP contribution in [0.25, 0.3) is 0 Å². The summed E-state index contributed by atoms with van der Waals surface area (Å²) in [6.07, 6.45) is 2.48. The minimum absolute atomic E-state index is 0.00817. The van der Waals surface area contributed by atoms with Gasteiger partial charge in [0.1, 0.15) is 6.79 Å². The molecule has 8 heteroatoms. The van der Waals surface area contributed by atoms with E-state index in [1.54, 1.807) is 4.90 Å². The van der Waals surface area contributed by atoms with Crippen molar-refractivity contribution in [1.29, 1.82) is 0 Å². The van der Waals surface area contributed by atoms with Crippen LogP contribution in [0.1, 0.15) is 48.0 Å². The molecule has 0 N–H and O–H groups in total. The average molecular weight is 474 g/mol. The van der Waals surface area contributed by atoms with Gasteiger partial charge in [0.15, 0.2) is 0 Å². The third kappa shape index (κ3) is 8.31. The zero-order valence-corrected chi connectivity index (χ0v) is 23.6. The van der Waals surface area contributed by atoms with Crippen LogP contribution in [0.3, 0.4) is 0 Å². The molecule has 1 heterocycles. The second kappa shape index (κ2) is 12.5. The number of rotatable bonds is 12. The van der Waals surface area contributed by atoms with Gasteiger partial charge in [0.2, 0.25) is 8.32 Å². The van der Waals surface area contributed by atoms with E-state index in [4.69, 9.17) is 18.6 Å². The van der Waals surface area contributed by atoms with E-state index in [0.29, 0.717) is 36.4 Å². The Bertz CT molecular complexity index is 565. The highest BCUT2D eigenvalue weighted by molar-refractivity contribution is 6.77. The van der Waals surface area contributed by atoms with Crippen LogP contribution in [0.4, 0.5) is 4.79 Å². The number of hydrogen-bond donors (Lipinski definition) is 0. The van der Waals surface area contributed by atoms with Gasteiger partial charge in [-0.15, -0.1) is 0 Å². The van der Waals surface area contributed by atoms with E-state index >= 15 is 0 Å². The lowest BCUT2D eigenvalue weighted by molar-refractivity contribution is -0.0466. The summed E-state index contributed by atoms with van der Waals surface area (Å²) in [5, 5.41) is 0. The van der Waals surface area contributed by atoms with Crippen molar-refractivity contribution in [1.82, 2.24) is 4.90 Å². The van der Waals surface area contributed by atoms with E-state index in [1.807, 2.05) is 0 Å². The molecule has 6 nitrogen and oxygen atoms in total. The van der Waals surface area contributed by atoms with Gasteiger partial charge in [-0.3, -0.25) is 4.90 Å². The Kier molecular flexibility index (Phi) is 11.5. The predicted octanol–water partition coefficient (Wildman–Crippen LogP) is 6.23. The summed E-state index contributed by atoms with van der Waals surface area (Å²) < 4.78 is 23.3. The molecule has 1 atom stereocenters. The molecule has 0 saturated heterocycles. The molecular weight excluding hydrogens is 426 g/mol. The number of nitrogens with zero attached hydrogens (tertiary/aromatic N) is 1. The maximum absolute atomic E-state index is 12.3. The number of carbonyl (C=O) groups excluding carboxylic acids is 1. The van der Waals surface area contributed by atoms with Crippen molar-refractivity contribution in [2.75, 3.05) is 33.7 Å². The topological polar surface area (TPSA) is 57.2 Å². The van der Waals surface area contributed by atoms with Gasteiger partial charge in [0.25, 0.3) is 0 Å². The molecule has 0 unspecified atom stereocenters. The first kappa shape index (κ1) is 28.4. The van der Waals surface area contributed by atoms with Crippen molar-refractivity contribution < 1.29 is 23.4 Å². The SMILES string of the molecule is COC(=O)N1CC[C@H](O[Si](C(C)C)(C(C)C)C(C)C)C=C1COCOCC[Si](C)(C)C. The number of hydrogen-bond acceptors (Lipinski definition) is 5. The van der Waals surface area contributed by atoms with E-state index in [-0.39, 0.29) is 19.0 Å². The Morgan fingerprint density at radius 2 is 1.65 bits per heavy atom. The summed E-state index contributed by atoms with van der Waals surface area (Å²) >= 11 is 0. The van der Waals surface area contributed by atoms with Crippen molar-refractivity contribution in [2.45, 2.75) is 96.4 Å². The molecule has 31 heavy (non-hydrogen) atoms. The molecule has 182 valence electrons. The van der Waals surface area contributed by atoms with Crippen LogP contribution in [-0.4, -0.2) is 67.1 Å². The third-order valence-corrected chi connectivity index (χ3v) is 14.1. The van der Waals surface area contributed by atoms with Gasteiger partial charge in [-0.25, -0.2) is 4.79 Å². The molecule has 1 aliphatic heterocycles. The summed E-state index contributed by atoms with van der Waals surface area (Å²) in [5.74, 6) is 0. The molecule has 1 amide bonds. The summed E-state index contributed by atoms with van der Waals surface area (Å²) in [5.41, 5.74) is 2.34. The van der Waals surface area contributed by atoms with Gasteiger partial charge in [0.05, 0.1) is 19.8 Å². The van der Waals surface area contributed by atoms with Crippen LogP contribution >= 0.6 is 0 Å². The Morgan fingerprint density at radius 3 is 2.13 bits per heavy atom. The van der Waals surface area contributed by atoms with Crippen LogP contribution < -0.4 is 0 Å². The van der Waals surface area contributed by atoms with Gasteiger partial charge in [-0.1, -0.05) is 61.2 Å². The first-order valence-electron chi connectivity index (χ1n) is 11.7. The minimum atomic E-state index is -2.01. The largest absolute Gasteiger partial charge is 0.452 e. The van der Waals surface area contributed by atoms with Crippen LogP contribution in [0.2, 0.25) is 42.3 Å². The Morgan fingerprint density at radius 1 is 1.06 bits per heavy atom. The zero-order valence-electron chi connectivity index (χ0n) is 21.6. The van der Waals surface area contributed by atoms with Crippen LogP contribution in [0.5, 0.6) is 0 Å². The lowest BCUT2D eigenvalue weighted by Gasteiger charge is -2.45. The Hall–Kier alpha value is -0.676. The number of methoxy groups -OCH3 is 1. The first-order chi connectivity index (χ1) is 14.3. The van der Waals surface area contributed by atoms with Crippen molar-refractivity contribution in [3.05, 3.63) is 11.8 Å². The van der Waals surface area contributed by atoms with Gasteiger partial charge in [-0.2, -0.15) is 0 Å². The summed E-state index contributed by atoms with van der Waals surface area (Å²) in [4.78, 5) is 13.9. The van der Waals surface area contributed by atoms with Gasteiger partial charge >= 0.3 is 6.09 Å². The molecule has 0 bridgehead atoms. The smallest absolute Gasteiger partial charge is 0.413 e. The summed E-state index contributed by atoms with van der Waals surface area (Å²) in [6.45, 7) is 22.6. The second-order valence-corrected chi connectivity index (χ2v) is 21.8. The van der Waals surface area contributed by atoms with Crippen LogP contribution in [0, 0.1) is 0 Å². The predicted molar refractivity (Wildman–Crippen MR) is 133 cm³/mol. The highest BCUT2D eigenvalue weighted by atomic mass is 28.4. The molecule has 0 radical (unpaired) electrons. The lowest BCUT2D eigenvalue weighted by Crippen LogP contribution is -2.51. The quantitative estimate of drug-likeness (QED) is 0.191. The van der Waals surface area contributed by atoms with Gasteiger partial charge < -0.3 is 18.6 Å². The molecule has 0 spiro atoms. The number of ether oxygens (including phenoxy) is 3. The monoisotopic (exact) mass is 473 g/mol. The van der Waals surface area contributed by atoms with Crippen LogP contribution in [0.15, 0.2) is 11.8 Å². The molecule has 1 rings (SSSR count). The van der Waals surface area contributed by atoms with E-state index < -0.39 is 16.4 Å². The Balaban J connectivity index is 2.88. The molecule has 1 aliphatic rings. The molecule has 0 aromatic heterocycles. The Labute approximate surface area is 192 Å². The van der Waals surface area contributed by atoms with Crippen LogP contribution in [-0.2, 0) is 18.6 Å². The van der Waals surface area contributed by atoms with Crippen molar-refractivity contribution >= 4 is 22.5 Å². The first-order valence-corrected chi connectivity index (χ1v) is 17.6. The maximum atomic E-state index is 12.3. The number of carbonyl (C=O) groups is 1. The average Bonchev–Trinajstić information content (AvgIpc) is 2.66. The normalized spacial score (nSPS) is 18.2. The zero-order chi connectivity index (χ0) is 23.8. The molecule has 0 saturated carbocycles. The molecule has 0 aromatic carbocycles. The molecule has 0 aromatic rings. The van der Waals surface area contributed by atoms with Gasteiger partial charge in [0, 0.05) is 26.9 Å². The fourth-order valence-electron chi connectivity index (χ4n) is 4.64.